The summed E-state index contributed by atoms with van der Waals surface area (Å²) in [7, 11) is 0. The zero-order valence-electron chi connectivity index (χ0n) is 12.0. The maximum atomic E-state index is 11.2. The number of hydrogen-bond donors (Lipinski definition) is 1. The van der Waals surface area contributed by atoms with Gasteiger partial charge in [-0.3, -0.25) is 10.1 Å². The zero-order valence-corrected chi connectivity index (χ0v) is 12.0. The van der Waals surface area contributed by atoms with Crippen LogP contribution < -0.4 is 10.2 Å². The number of nitro groups is 1. The Morgan fingerprint density at radius 1 is 1.55 bits per heavy atom. The van der Waals surface area contributed by atoms with Crippen LogP contribution in [0, 0.1) is 10.1 Å². The smallest absolute Gasteiger partial charge is 0.329 e. The molecule has 0 amide bonds. The average Bonchev–Trinajstić information content (AvgIpc) is 2.45. The fourth-order valence-corrected chi connectivity index (χ4v) is 2.44. The maximum absolute atomic E-state index is 11.2. The second kappa shape index (κ2) is 6.49. The van der Waals surface area contributed by atoms with E-state index in [-0.39, 0.29) is 11.7 Å². The van der Waals surface area contributed by atoms with Crippen LogP contribution in [0.15, 0.2) is 6.20 Å². The van der Waals surface area contributed by atoms with Crippen molar-refractivity contribution in [2.24, 2.45) is 0 Å². The first kappa shape index (κ1) is 14.5. The molecular weight excluding hydrogens is 258 g/mol. The minimum Gasteiger partial charge on any atom is -0.354 e. The Morgan fingerprint density at radius 2 is 2.35 bits per heavy atom. The molecule has 0 aliphatic carbocycles. The SMILES string of the molecule is CCCNc1ncc([N+](=O)[O-])c(N2CCCCC2C)n1. The standard InChI is InChI=1S/C13H21N5O2/c1-3-7-14-13-15-9-11(18(19)20)12(16-13)17-8-5-4-6-10(17)2/h9-10H,3-8H2,1-2H3,(H,14,15,16). The summed E-state index contributed by atoms with van der Waals surface area (Å²) >= 11 is 0. The molecule has 0 bridgehead atoms. The van der Waals surface area contributed by atoms with Gasteiger partial charge in [-0.05, 0) is 32.6 Å². The van der Waals surface area contributed by atoms with Gasteiger partial charge in [-0.25, -0.2) is 4.98 Å². The van der Waals surface area contributed by atoms with Gasteiger partial charge in [0, 0.05) is 19.1 Å². The number of anilines is 2. The van der Waals surface area contributed by atoms with Gasteiger partial charge >= 0.3 is 5.69 Å². The third-order valence-corrected chi connectivity index (χ3v) is 3.55. The molecule has 2 heterocycles. The van der Waals surface area contributed by atoms with Crippen molar-refractivity contribution >= 4 is 17.5 Å². The van der Waals surface area contributed by atoms with Crippen LogP contribution in [0.4, 0.5) is 17.5 Å². The van der Waals surface area contributed by atoms with E-state index in [0.29, 0.717) is 11.8 Å². The first-order valence-corrected chi connectivity index (χ1v) is 7.15. The van der Waals surface area contributed by atoms with E-state index in [1.807, 2.05) is 11.8 Å². The number of aromatic nitrogens is 2. The van der Waals surface area contributed by atoms with Crippen molar-refractivity contribution in [2.45, 2.75) is 45.6 Å². The molecule has 20 heavy (non-hydrogen) atoms. The molecule has 0 spiro atoms. The van der Waals surface area contributed by atoms with Crippen LogP contribution in [0.2, 0.25) is 0 Å². The molecule has 1 N–H and O–H groups in total. The molecule has 0 saturated carbocycles. The number of piperidine rings is 1. The predicted octanol–water partition coefficient (Wildman–Crippen LogP) is 2.59. The maximum Gasteiger partial charge on any atom is 0.329 e. The van der Waals surface area contributed by atoms with Gasteiger partial charge in [-0.2, -0.15) is 4.98 Å². The van der Waals surface area contributed by atoms with Crippen molar-refractivity contribution in [1.82, 2.24) is 9.97 Å². The predicted molar refractivity (Wildman–Crippen MR) is 78.1 cm³/mol. The first-order valence-electron chi connectivity index (χ1n) is 7.15. The highest BCUT2D eigenvalue weighted by molar-refractivity contribution is 5.59. The Bertz CT molecular complexity index is 480. The Kier molecular flexibility index (Phi) is 4.70. The van der Waals surface area contributed by atoms with Crippen LogP contribution in [-0.4, -0.2) is 34.0 Å². The third-order valence-electron chi connectivity index (χ3n) is 3.55. The summed E-state index contributed by atoms with van der Waals surface area (Å²) in [5.41, 5.74) is -0.0131. The van der Waals surface area contributed by atoms with Crippen LogP contribution in [0.5, 0.6) is 0 Å². The van der Waals surface area contributed by atoms with E-state index in [2.05, 4.69) is 22.2 Å². The summed E-state index contributed by atoms with van der Waals surface area (Å²) in [4.78, 5) is 21.2. The molecule has 110 valence electrons. The van der Waals surface area contributed by atoms with Gasteiger partial charge < -0.3 is 10.2 Å². The topological polar surface area (TPSA) is 84.2 Å². The summed E-state index contributed by atoms with van der Waals surface area (Å²) in [6.07, 6.45) is 5.51. The van der Waals surface area contributed by atoms with Crippen LogP contribution in [-0.2, 0) is 0 Å². The van der Waals surface area contributed by atoms with E-state index in [1.54, 1.807) is 0 Å². The largest absolute Gasteiger partial charge is 0.354 e. The monoisotopic (exact) mass is 279 g/mol. The lowest BCUT2D eigenvalue weighted by atomic mass is 10.0. The highest BCUT2D eigenvalue weighted by atomic mass is 16.6. The molecule has 7 heteroatoms. The molecule has 1 fully saturated rings. The zero-order chi connectivity index (χ0) is 14.5. The number of nitrogens with zero attached hydrogens (tertiary/aromatic N) is 4. The Hall–Kier alpha value is -1.92. The minimum atomic E-state index is -0.403. The molecule has 1 aliphatic rings. The van der Waals surface area contributed by atoms with E-state index in [4.69, 9.17) is 0 Å². The average molecular weight is 279 g/mol. The highest BCUT2D eigenvalue weighted by Gasteiger charge is 2.27. The molecule has 1 atom stereocenters. The van der Waals surface area contributed by atoms with Crippen molar-refractivity contribution in [2.75, 3.05) is 23.3 Å². The minimum absolute atomic E-state index is 0.0131. The first-order chi connectivity index (χ1) is 9.63. The Labute approximate surface area is 118 Å². The number of hydrogen-bond acceptors (Lipinski definition) is 6. The van der Waals surface area contributed by atoms with E-state index >= 15 is 0 Å². The summed E-state index contributed by atoms with van der Waals surface area (Å²) in [6, 6.07) is 0.274. The van der Waals surface area contributed by atoms with Crippen molar-refractivity contribution in [1.29, 1.82) is 0 Å². The second-order valence-electron chi connectivity index (χ2n) is 5.12. The van der Waals surface area contributed by atoms with Crippen molar-refractivity contribution in [3.63, 3.8) is 0 Å². The van der Waals surface area contributed by atoms with E-state index in [1.165, 1.54) is 6.20 Å². The van der Waals surface area contributed by atoms with E-state index in [9.17, 15) is 10.1 Å². The molecule has 0 radical (unpaired) electrons. The van der Waals surface area contributed by atoms with Gasteiger partial charge in [0.15, 0.2) is 0 Å². The molecular formula is C13H21N5O2. The lowest BCUT2D eigenvalue weighted by molar-refractivity contribution is -0.384. The quantitative estimate of drug-likeness (QED) is 0.658. The summed E-state index contributed by atoms with van der Waals surface area (Å²) in [5.74, 6) is 0.904. The van der Waals surface area contributed by atoms with Crippen LogP contribution in [0.3, 0.4) is 0 Å². The van der Waals surface area contributed by atoms with Crippen molar-refractivity contribution < 1.29 is 4.92 Å². The molecule has 1 aromatic rings. The van der Waals surface area contributed by atoms with Crippen molar-refractivity contribution in [3.8, 4) is 0 Å². The summed E-state index contributed by atoms with van der Waals surface area (Å²) in [5, 5.41) is 14.3. The highest BCUT2D eigenvalue weighted by Crippen LogP contribution is 2.31. The fourth-order valence-electron chi connectivity index (χ4n) is 2.44. The van der Waals surface area contributed by atoms with E-state index < -0.39 is 4.92 Å². The van der Waals surface area contributed by atoms with Gasteiger partial charge in [0.1, 0.15) is 6.20 Å². The molecule has 1 unspecified atom stereocenters. The van der Waals surface area contributed by atoms with Crippen LogP contribution >= 0.6 is 0 Å². The summed E-state index contributed by atoms with van der Waals surface area (Å²) in [6.45, 7) is 5.70. The molecule has 0 aromatic carbocycles. The molecule has 7 nitrogen and oxygen atoms in total. The molecule has 1 saturated heterocycles. The Balaban J connectivity index is 2.33. The Morgan fingerprint density at radius 3 is 3.00 bits per heavy atom. The second-order valence-corrected chi connectivity index (χ2v) is 5.12. The van der Waals surface area contributed by atoms with Crippen molar-refractivity contribution in [3.05, 3.63) is 16.3 Å². The lowest BCUT2D eigenvalue weighted by Crippen LogP contribution is -2.38. The molecule has 1 aliphatic heterocycles. The lowest BCUT2D eigenvalue weighted by Gasteiger charge is -2.33. The number of nitrogens with one attached hydrogen (secondary N) is 1. The van der Waals surface area contributed by atoms with Gasteiger partial charge in [0.25, 0.3) is 0 Å². The van der Waals surface area contributed by atoms with Gasteiger partial charge in [-0.15, -0.1) is 0 Å². The third kappa shape index (κ3) is 3.15. The fraction of sp³-hybridized carbons (Fsp3) is 0.692. The van der Waals surface area contributed by atoms with Crippen LogP contribution in [0.25, 0.3) is 0 Å². The van der Waals surface area contributed by atoms with Gasteiger partial charge in [-0.1, -0.05) is 6.92 Å². The summed E-state index contributed by atoms with van der Waals surface area (Å²) < 4.78 is 0. The van der Waals surface area contributed by atoms with Crippen LogP contribution in [0.1, 0.15) is 39.5 Å². The molecule has 1 aromatic heterocycles. The normalized spacial score (nSPS) is 18.9. The van der Waals surface area contributed by atoms with Gasteiger partial charge in [0.2, 0.25) is 11.8 Å². The van der Waals surface area contributed by atoms with Gasteiger partial charge in [0.05, 0.1) is 4.92 Å². The van der Waals surface area contributed by atoms with E-state index in [0.717, 1.165) is 38.8 Å². The molecule has 2 rings (SSSR count). The number of rotatable bonds is 5.